The molecule has 0 aliphatic heterocycles. The molecule has 10 aromatic rings. The van der Waals surface area contributed by atoms with Crippen LogP contribution in [0, 0.1) is 13.8 Å². The summed E-state index contributed by atoms with van der Waals surface area (Å²) in [6.45, 7) is 4.12. The normalized spacial score (nSPS) is 11.1. The molecule has 0 unspecified atom stereocenters. The van der Waals surface area contributed by atoms with Crippen molar-refractivity contribution < 1.29 is 0 Å². The van der Waals surface area contributed by atoms with E-state index in [4.69, 9.17) is 29.9 Å². The number of rotatable bonds is 9. The summed E-state index contributed by atoms with van der Waals surface area (Å²) in [6.07, 6.45) is 0. The second-order valence-electron chi connectivity index (χ2n) is 15.2. The van der Waals surface area contributed by atoms with E-state index in [1.54, 1.807) is 0 Å². The SMILES string of the molecule is Cc1ccc(-c2cccc(-c3cccc(-c4nc(-c5ccccc5)nc(-c5ccccc5)n4)c3)c2-c2ccccc2-c2cc(-c3ccccc3)nc(-c3ccccc3)n2)c(C)n1. The lowest BCUT2D eigenvalue weighted by molar-refractivity contribution is 1.07. The minimum atomic E-state index is 0.596. The standard InChI is InChI=1S/C56H40N6/c1-37-33-34-45(38(2)57-37)48-32-18-31-46(43-27-17-28-44(35-43)56-61-54(41-23-11-5-12-24-41)60-55(62-56)42-25-13-6-14-26-42)52(48)49-30-16-15-29-47(49)51-36-50(39-19-7-3-8-20-39)58-53(59-51)40-21-9-4-10-22-40/h3-36H,1-2H3. The fourth-order valence-corrected chi connectivity index (χ4v) is 8.03. The molecule has 3 aromatic heterocycles. The van der Waals surface area contributed by atoms with Gasteiger partial charge in [0.05, 0.1) is 11.4 Å². The average molecular weight is 797 g/mol. The Bertz CT molecular complexity index is 3070. The zero-order chi connectivity index (χ0) is 41.8. The lowest BCUT2D eigenvalue weighted by Gasteiger charge is -2.20. The van der Waals surface area contributed by atoms with Crippen molar-refractivity contribution in [2.24, 2.45) is 0 Å². The fraction of sp³-hybridized carbons (Fsp3) is 0.0357. The van der Waals surface area contributed by atoms with Crippen molar-refractivity contribution in [3.63, 3.8) is 0 Å². The molecule has 7 aromatic carbocycles. The quantitative estimate of drug-likeness (QED) is 0.145. The van der Waals surface area contributed by atoms with Gasteiger partial charge in [0.2, 0.25) is 0 Å². The molecule has 0 N–H and O–H groups in total. The first-order valence-corrected chi connectivity index (χ1v) is 20.7. The molecule has 10 rings (SSSR count). The molecule has 62 heavy (non-hydrogen) atoms. The van der Waals surface area contributed by atoms with Crippen LogP contribution in [0.25, 0.3) is 101 Å². The molecule has 0 saturated carbocycles. The molecule has 0 amide bonds. The lowest BCUT2D eigenvalue weighted by Crippen LogP contribution is -2.00. The Morgan fingerprint density at radius 2 is 0.694 bits per heavy atom. The number of aryl methyl sites for hydroxylation is 2. The summed E-state index contributed by atoms with van der Waals surface area (Å²) in [5.74, 6) is 2.50. The number of aromatic nitrogens is 6. The minimum Gasteiger partial charge on any atom is -0.258 e. The molecule has 294 valence electrons. The lowest BCUT2D eigenvalue weighted by atomic mass is 9.84. The van der Waals surface area contributed by atoms with Crippen LogP contribution in [0.1, 0.15) is 11.4 Å². The first kappa shape index (κ1) is 38.0. The summed E-state index contributed by atoms with van der Waals surface area (Å²) in [7, 11) is 0. The highest BCUT2D eigenvalue weighted by atomic mass is 15.0. The highest BCUT2D eigenvalue weighted by Gasteiger charge is 2.22. The van der Waals surface area contributed by atoms with Crippen LogP contribution in [-0.4, -0.2) is 29.9 Å². The minimum absolute atomic E-state index is 0.596. The van der Waals surface area contributed by atoms with Crippen molar-refractivity contribution >= 4 is 0 Å². The molecule has 0 spiro atoms. The molecule has 0 saturated heterocycles. The third-order valence-corrected chi connectivity index (χ3v) is 11.0. The van der Waals surface area contributed by atoms with Crippen LogP contribution < -0.4 is 0 Å². The number of nitrogens with zero attached hydrogens (tertiary/aromatic N) is 6. The van der Waals surface area contributed by atoms with E-state index in [0.717, 1.165) is 89.5 Å². The Labute approximate surface area is 361 Å². The van der Waals surface area contributed by atoms with Crippen molar-refractivity contribution in [1.29, 1.82) is 0 Å². The van der Waals surface area contributed by atoms with Gasteiger partial charge in [0, 0.05) is 50.3 Å². The Balaban J connectivity index is 1.19. The van der Waals surface area contributed by atoms with Gasteiger partial charge in [-0.15, -0.1) is 0 Å². The van der Waals surface area contributed by atoms with Gasteiger partial charge in [-0.3, -0.25) is 4.98 Å². The zero-order valence-electron chi connectivity index (χ0n) is 34.3. The van der Waals surface area contributed by atoms with Crippen LogP contribution in [0.3, 0.4) is 0 Å². The highest BCUT2D eigenvalue weighted by Crippen LogP contribution is 2.45. The summed E-state index contributed by atoms with van der Waals surface area (Å²) in [5, 5.41) is 0. The van der Waals surface area contributed by atoms with Gasteiger partial charge < -0.3 is 0 Å². The molecule has 0 aliphatic carbocycles. The van der Waals surface area contributed by atoms with Crippen LogP contribution in [-0.2, 0) is 0 Å². The van der Waals surface area contributed by atoms with Crippen molar-refractivity contribution in [1.82, 2.24) is 29.9 Å². The van der Waals surface area contributed by atoms with E-state index >= 15 is 0 Å². The van der Waals surface area contributed by atoms with E-state index in [1.807, 2.05) is 104 Å². The summed E-state index contributed by atoms with van der Waals surface area (Å²) < 4.78 is 0. The smallest absolute Gasteiger partial charge is 0.164 e. The second-order valence-corrected chi connectivity index (χ2v) is 15.2. The van der Waals surface area contributed by atoms with E-state index in [9.17, 15) is 0 Å². The second kappa shape index (κ2) is 16.8. The van der Waals surface area contributed by atoms with E-state index in [1.165, 1.54) is 0 Å². The molecule has 0 atom stereocenters. The van der Waals surface area contributed by atoms with Gasteiger partial charge in [-0.2, -0.15) is 0 Å². The number of hydrogen-bond acceptors (Lipinski definition) is 6. The maximum atomic E-state index is 5.29. The van der Waals surface area contributed by atoms with Crippen molar-refractivity contribution in [2.75, 3.05) is 0 Å². The molecule has 0 fully saturated rings. The Kier molecular flexibility index (Phi) is 10.3. The third kappa shape index (κ3) is 7.69. The van der Waals surface area contributed by atoms with Crippen molar-refractivity contribution in [2.45, 2.75) is 13.8 Å². The molecule has 6 nitrogen and oxygen atoms in total. The summed E-state index contributed by atoms with van der Waals surface area (Å²) in [5.41, 5.74) is 15.6. The molecular weight excluding hydrogens is 757 g/mol. The molecule has 0 aliphatic rings. The van der Waals surface area contributed by atoms with E-state index in [2.05, 4.69) is 116 Å². The fourth-order valence-electron chi connectivity index (χ4n) is 8.03. The van der Waals surface area contributed by atoms with Gasteiger partial charge in [-0.1, -0.05) is 188 Å². The monoisotopic (exact) mass is 796 g/mol. The van der Waals surface area contributed by atoms with Gasteiger partial charge in [-0.25, -0.2) is 24.9 Å². The van der Waals surface area contributed by atoms with Gasteiger partial charge in [0.1, 0.15) is 0 Å². The van der Waals surface area contributed by atoms with Crippen LogP contribution >= 0.6 is 0 Å². The maximum Gasteiger partial charge on any atom is 0.164 e. The van der Waals surface area contributed by atoms with Crippen LogP contribution in [0.2, 0.25) is 0 Å². The number of benzene rings is 7. The van der Waals surface area contributed by atoms with Gasteiger partial charge in [0.15, 0.2) is 23.3 Å². The predicted octanol–water partition coefficient (Wildman–Crippen LogP) is 13.7. The van der Waals surface area contributed by atoms with E-state index in [0.29, 0.717) is 23.3 Å². The van der Waals surface area contributed by atoms with Gasteiger partial charge >= 0.3 is 0 Å². The molecule has 0 bridgehead atoms. The maximum absolute atomic E-state index is 5.29. The first-order chi connectivity index (χ1) is 30.6. The highest BCUT2D eigenvalue weighted by molar-refractivity contribution is 6.00. The van der Waals surface area contributed by atoms with Crippen molar-refractivity contribution in [3.8, 4) is 101 Å². The van der Waals surface area contributed by atoms with Crippen LogP contribution in [0.5, 0.6) is 0 Å². The summed E-state index contributed by atoms with van der Waals surface area (Å²) >= 11 is 0. The zero-order valence-corrected chi connectivity index (χ0v) is 34.3. The molecule has 6 heteroatoms. The Hall–Kier alpha value is -8.22. The number of hydrogen-bond donors (Lipinski definition) is 0. The third-order valence-electron chi connectivity index (χ3n) is 11.0. The Morgan fingerprint density at radius 1 is 0.258 bits per heavy atom. The van der Waals surface area contributed by atoms with Crippen LogP contribution in [0.4, 0.5) is 0 Å². The van der Waals surface area contributed by atoms with E-state index < -0.39 is 0 Å². The first-order valence-electron chi connectivity index (χ1n) is 20.7. The molecular formula is C56H40N6. The number of pyridine rings is 1. The van der Waals surface area contributed by atoms with Crippen molar-refractivity contribution in [3.05, 3.63) is 218 Å². The largest absolute Gasteiger partial charge is 0.258 e. The molecule has 0 radical (unpaired) electrons. The average Bonchev–Trinajstić information content (AvgIpc) is 3.34. The topological polar surface area (TPSA) is 77.3 Å². The van der Waals surface area contributed by atoms with E-state index in [-0.39, 0.29) is 0 Å². The van der Waals surface area contributed by atoms with Crippen LogP contribution in [0.15, 0.2) is 206 Å². The van der Waals surface area contributed by atoms with Gasteiger partial charge in [0.25, 0.3) is 0 Å². The summed E-state index contributed by atoms with van der Waals surface area (Å²) in [6, 6.07) is 70.7. The summed E-state index contributed by atoms with van der Waals surface area (Å²) in [4.78, 5) is 30.4. The molecule has 3 heterocycles. The predicted molar refractivity (Wildman–Crippen MR) is 252 cm³/mol. The van der Waals surface area contributed by atoms with Gasteiger partial charge in [-0.05, 0) is 59.9 Å². The Morgan fingerprint density at radius 3 is 1.29 bits per heavy atom.